The average molecular weight is 599 g/mol. The van der Waals surface area contributed by atoms with E-state index in [4.69, 9.17) is 4.74 Å². The van der Waals surface area contributed by atoms with Crippen LogP contribution in [0, 0.1) is 6.92 Å². The van der Waals surface area contributed by atoms with Gasteiger partial charge in [0, 0.05) is 23.6 Å². The molecular formula is C30H20F6N4O3. The number of alkyl halides is 6. The van der Waals surface area contributed by atoms with E-state index in [1.807, 2.05) is 0 Å². The summed E-state index contributed by atoms with van der Waals surface area (Å²) in [6.45, 7) is 1.65. The first-order valence-corrected chi connectivity index (χ1v) is 12.6. The molecule has 0 aliphatic rings. The molecule has 2 aromatic heterocycles. The van der Waals surface area contributed by atoms with Gasteiger partial charge in [-0.3, -0.25) is 14.2 Å². The number of fused-ring (bicyclic) bond motifs is 1. The predicted molar refractivity (Wildman–Crippen MR) is 144 cm³/mol. The van der Waals surface area contributed by atoms with Crippen molar-refractivity contribution in [2.24, 2.45) is 0 Å². The lowest BCUT2D eigenvalue weighted by atomic mass is 10.1. The molecule has 1 N–H and O–H groups in total. The Balaban J connectivity index is 1.37. The molecule has 0 unspecified atom stereocenters. The lowest BCUT2D eigenvalue weighted by Gasteiger charge is -2.13. The Morgan fingerprint density at radius 2 is 1.37 bits per heavy atom. The maximum Gasteiger partial charge on any atom is 0.416 e. The SMILES string of the molecule is Cc1nc(Oc2ccc(C(F)(F)F)cc2)nc2c1ccc(=O)n2-c1ccc(C(=O)NCc2ccc(C(F)(F)F)cc2)cc1. The highest BCUT2D eigenvalue weighted by molar-refractivity contribution is 5.94. The number of amides is 1. The molecule has 0 aliphatic carbocycles. The number of aromatic nitrogens is 3. The molecule has 7 nitrogen and oxygen atoms in total. The highest BCUT2D eigenvalue weighted by Gasteiger charge is 2.30. The zero-order chi connectivity index (χ0) is 30.9. The van der Waals surface area contributed by atoms with Crippen LogP contribution in [-0.4, -0.2) is 20.4 Å². The summed E-state index contributed by atoms with van der Waals surface area (Å²) in [5, 5.41) is 3.15. The van der Waals surface area contributed by atoms with Gasteiger partial charge in [-0.2, -0.15) is 36.3 Å². The van der Waals surface area contributed by atoms with Crippen molar-refractivity contribution in [3.8, 4) is 17.4 Å². The molecule has 5 aromatic rings. The fourth-order valence-electron chi connectivity index (χ4n) is 4.21. The van der Waals surface area contributed by atoms with Gasteiger partial charge in [0.2, 0.25) is 0 Å². The number of hydrogen-bond donors (Lipinski definition) is 1. The summed E-state index contributed by atoms with van der Waals surface area (Å²) in [6.07, 6.45) is -8.96. The standard InChI is InChI=1S/C30H20F6N4O3/c1-17-24-14-15-25(41)40(26(24)39-28(38-17)43-23-12-8-21(9-13-23)30(34,35)36)22-10-4-19(5-11-22)27(42)37-16-18-2-6-20(7-3-18)29(31,32)33/h2-15H,16H2,1H3,(H,37,42). The second kappa shape index (κ2) is 11.2. The molecule has 0 saturated carbocycles. The van der Waals surface area contributed by atoms with E-state index >= 15 is 0 Å². The quantitative estimate of drug-likeness (QED) is 0.216. The minimum atomic E-state index is -4.51. The maximum atomic E-state index is 12.9. The van der Waals surface area contributed by atoms with Gasteiger partial charge in [0.05, 0.1) is 22.5 Å². The lowest BCUT2D eigenvalue weighted by Crippen LogP contribution is -2.23. The van der Waals surface area contributed by atoms with Gasteiger partial charge in [-0.15, -0.1) is 0 Å². The summed E-state index contributed by atoms with van der Waals surface area (Å²) < 4.78 is 83.8. The second-order valence-electron chi connectivity index (χ2n) is 9.38. The Hall–Kier alpha value is -5.20. The van der Waals surface area contributed by atoms with E-state index in [-0.39, 0.29) is 29.5 Å². The average Bonchev–Trinajstić information content (AvgIpc) is 2.95. The van der Waals surface area contributed by atoms with Crippen LogP contribution in [-0.2, 0) is 18.9 Å². The number of benzene rings is 3. The van der Waals surface area contributed by atoms with Crippen LogP contribution in [0.2, 0.25) is 0 Å². The Morgan fingerprint density at radius 1 is 0.791 bits per heavy atom. The largest absolute Gasteiger partial charge is 0.424 e. The first-order chi connectivity index (χ1) is 20.3. The highest BCUT2D eigenvalue weighted by Crippen LogP contribution is 2.32. The summed E-state index contributed by atoms with van der Waals surface area (Å²) in [7, 11) is 0. The molecule has 3 aromatic carbocycles. The molecule has 0 aliphatic heterocycles. The van der Waals surface area contributed by atoms with Crippen molar-refractivity contribution in [2.75, 3.05) is 0 Å². The zero-order valence-electron chi connectivity index (χ0n) is 22.1. The Morgan fingerprint density at radius 3 is 1.95 bits per heavy atom. The molecular weight excluding hydrogens is 578 g/mol. The van der Waals surface area contributed by atoms with E-state index in [0.29, 0.717) is 22.3 Å². The van der Waals surface area contributed by atoms with E-state index < -0.39 is 34.9 Å². The third-order valence-electron chi connectivity index (χ3n) is 6.43. The fourth-order valence-corrected chi connectivity index (χ4v) is 4.21. The zero-order valence-corrected chi connectivity index (χ0v) is 22.1. The minimum Gasteiger partial charge on any atom is -0.424 e. The molecule has 43 heavy (non-hydrogen) atoms. The third-order valence-corrected chi connectivity index (χ3v) is 6.43. The van der Waals surface area contributed by atoms with Crippen LogP contribution in [0.3, 0.4) is 0 Å². The van der Waals surface area contributed by atoms with Crippen molar-refractivity contribution in [3.63, 3.8) is 0 Å². The molecule has 0 spiro atoms. The summed E-state index contributed by atoms with van der Waals surface area (Å²) in [4.78, 5) is 34.2. The Kier molecular flexibility index (Phi) is 7.65. The molecule has 0 saturated heterocycles. The number of hydrogen-bond acceptors (Lipinski definition) is 5. The van der Waals surface area contributed by atoms with Crippen molar-refractivity contribution >= 4 is 16.9 Å². The van der Waals surface area contributed by atoms with Crippen LogP contribution in [0.15, 0.2) is 89.7 Å². The smallest absolute Gasteiger partial charge is 0.416 e. The fraction of sp³-hybridized carbons (Fsp3) is 0.133. The number of aryl methyl sites for hydroxylation is 1. The number of halogens is 6. The van der Waals surface area contributed by atoms with Crippen LogP contribution in [0.1, 0.15) is 32.7 Å². The van der Waals surface area contributed by atoms with Gasteiger partial charge in [0.1, 0.15) is 5.75 Å². The molecule has 5 rings (SSSR count). The van der Waals surface area contributed by atoms with Crippen LogP contribution in [0.5, 0.6) is 11.8 Å². The van der Waals surface area contributed by atoms with E-state index in [0.717, 1.165) is 36.4 Å². The van der Waals surface area contributed by atoms with E-state index in [1.165, 1.54) is 53.1 Å². The maximum absolute atomic E-state index is 12.9. The van der Waals surface area contributed by atoms with Gasteiger partial charge < -0.3 is 10.1 Å². The number of nitrogens with zero attached hydrogens (tertiary/aromatic N) is 3. The lowest BCUT2D eigenvalue weighted by molar-refractivity contribution is -0.138. The van der Waals surface area contributed by atoms with Gasteiger partial charge >= 0.3 is 18.4 Å². The second-order valence-corrected chi connectivity index (χ2v) is 9.38. The number of ether oxygens (including phenoxy) is 1. The number of pyridine rings is 1. The third kappa shape index (κ3) is 6.50. The monoisotopic (exact) mass is 598 g/mol. The van der Waals surface area contributed by atoms with Crippen LogP contribution in [0.25, 0.3) is 16.7 Å². The normalized spacial score (nSPS) is 11.9. The molecule has 0 bridgehead atoms. The summed E-state index contributed by atoms with van der Waals surface area (Å²) in [6, 6.07) is 17.0. The van der Waals surface area contributed by atoms with E-state index in [2.05, 4.69) is 15.3 Å². The van der Waals surface area contributed by atoms with Gasteiger partial charge in [0.15, 0.2) is 5.65 Å². The van der Waals surface area contributed by atoms with Crippen molar-refractivity contribution in [1.29, 1.82) is 0 Å². The highest BCUT2D eigenvalue weighted by atomic mass is 19.4. The molecule has 220 valence electrons. The van der Waals surface area contributed by atoms with Gasteiger partial charge in [-0.05, 0) is 79.2 Å². The van der Waals surface area contributed by atoms with E-state index in [1.54, 1.807) is 6.92 Å². The summed E-state index contributed by atoms with van der Waals surface area (Å²) in [5.74, 6) is -0.426. The predicted octanol–water partition coefficient (Wildman–Crippen LogP) is 6.85. The Labute approximate surface area is 239 Å². The molecule has 0 radical (unpaired) electrons. The van der Waals surface area contributed by atoms with Gasteiger partial charge in [-0.25, -0.2) is 0 Å². The van der Waals surface area contributed by atoms with Crippen LogP contribution < -0.4 is 15.6 Å². The first-order valence-electron chi connectivity index (χ1n) is 12.6. The van der Waals surface area contributed by atoms with Crippen molar-refractivity contribution < 1.29 is 35.9 Å². The number of carbonyl (C=O) groups excluding carboxylic acids is 1. The van der Waals surface area contributed by atoms with Crippen LogP contribution in [0.4, 0.5) is 26.3 Å². The molecule has 2 heterocycles. The number of rotatable bonds is 6. The van der Waals surface area contributed by atoms with Gasteiger partial charge in [0.25, 0.3) is 11.5 Å². The number of nitrogens with one attached hydrogen (secondary N) is 1. The molecule has 1 amide bonds. The van der Waals surface area contributed by atoms with Crippen molar-refractivity contribution in [2.45, 2.75) is 25.8 Å². The van der Waals surface area contributed by atoms with Crippen LogP contribution >= 0.6 is 0 Å². The topological polar surface area (TPSA) is 86.1 Å². The van der Waals surface area contributed by atoms with Crippen molar-refractivity contribution in [1.82, 2.24) is 19.9 Å². The molecule has 13 heteroatoms. The van der Waals surface area contributed by atoms with Crippen molar-refractivity contribution in [3.05, 3.63) is 123 Å². The minimum absolute atomic E-state index is 0.000587. The van der Waals surface area contributed by atoms with Gasteiger partial charge in [-0.1, -0.05) is 12.1 Å². The molecule has 0 fully saturated rings. The summed E-state index contributed by atoms with van der Waals surface area (Å²) in [5.41, 5.74) is -0.410. The number of carbonyl (C=O) groups is 1. The molecule has 0 atom stereocenters. The Bertz CT molecular complexity index is 1850. The van der Waals surface area contributed by atoms with E-state index in [9.17, 15) is 35.9 Å². The first kappa shape index (κ1) is 29.3. The summed E-state index contributed by atoms with van der Waals surface area (Å²) >= 11 is 0.